The summed E-state index contributed by atoms with van der Waals surface area (Å²) in [6.07, 6.45) is -4.50. The third kappa shape index (κ3) is 4.18. The number of carboxylic acid groups (broad SMARTS) is 1. The molecule has 0 aliphatic carbocycles. The lowest BCUT2D eigenvalue weighted by atomic mass is 10.0. The standard InChI is InChI=1S/C21H17F3N2O5S/c22-21(23,24)14-3-1-13(2-4-14)19-12-17(20(27)28)16-11-15(5-6-18(16)25-19)32(29,30)26-7-9-31-10-8-26/h1-6,11-12H,7-10H2,(H,27,28). The molecule has 1 aromatic heterocycles. The molecule has 3 aromatic rings. The van der Waals surface area contributed by atoms with Crippen molar-refractivity contribution in [2.24, 2.45) is 0 Å². The van der Waals surface area contributed by atoms with Gasteiger partial charge in [0.05, 0.1) is 40.4 Å². The van der Waals surface area contributed by atoms with Crippen molar-refractivity contribution < 1.29 is 36.2 Å². The zero-order valence-corrected chi connectivity index (χ0v) is 17.3. The summed E-state index contributed by atoms with van der Waals surface area (Å²) < 4.78 is 70.7. The molecule has 7 nitrogen and oxygen atoms in total. The summed E-state index contributed by atoms with van der Waals surface area (Å²) in [7, 11) is -3.85. The van der Waals surface area contributed by atoms with E-state index in [9.17, 15) is 31.5 Å². The molecule has 1 aliphatic rings. The molecule has 0 saturated carbocycles. The van der Waals surface area contributed by atoms with Gasteiger partial charge in [-0.3, -0.25) is 0 Å². The molecule has 0 atom stereocenters. The number of aromatic carboxylic acids is 1. The van der Waals surface area contributed by atoms with Crippen LogP contribution in [0, 0.1) is 0 Å². The monoisotopic (exact) mass is 466 g/mol. The van der Waals surface area contributed by atoms with Gasteiger partial charge in [-0.1, -0.05) is 12.1 Å². The van der Waals surface area contributed by atoms with Gasteiger partial charge in [0.1, 0.15) is 0 Å². The maximum Gasteiger partial charge on any atom is 0.416 e. The Morgan fingerprint density at radius 2 is 1.69 bits per heavy atom. The van der Waals surface area contributed by atoms with Crippen LogP contribution in [-0.4, -0.2) is 55.1 Å². The van der Waals surface area contributed by atoms with Crippen molar-refractivity contribution in [1.29, 1.82) is 0 Å². The SMILES string of the molecule is O=C(O)c1cc(-c2ccc(C(F)(F)F)cc2)nc2ccc(S(=O)(=O)N3CCOCC3)cc12. The third-order valence-corrected chi connectivity index (χ3v) is 7.02. The molecular weight excluding hydrogens is 449 g/mol. The Labute approximate surface area is 181 Å². The largest absolute Gasteiger partial charge is 0.478 e. The Bertz CT molecular complexity index is 1290. The van der Waals surface area contributed by atoms with Gasteiger partial charge in [0.2, 0.25) is 10.0 Å². The topological polar surface area (TPSA) is 96.8 Å². The summed E-state index contributed by atoms with van der Waals surface area (Å²) in [5.41, 5.74) is -0.372. The minimum absolute atomic E-state index is 0.0709. The van der Waals surface area contributed by atoms with Crippen molar-refractivity contribution in [3.63, 3.8) is 0 Å². The number of benzene rings is 2. The number of alkyl halides is 3. The van der Waals surface area contributed by atoms with Gasteiger partial charge in [-0.05, 0) is 36.4 Å². The second-order valence-electron chi connectivity index (χ2n) is 7.13. The Hall–Kier alpha value is -3.02. The first-order valence-electron chi connectivity index (χ1n) is 9.51. The fourth-order valence-corrected chi connectivity index (χ4v) is 4.89. The lowest BCUT2D eigenvalue weighted by Gasteiger charge is -2.26. The lowest BCUT2D eigenvalue weighted by molar-refractivity contribution is -0.137. The van der Waals surface area contributed by atoms with Crippen LogP contribution in [0.1, 0.15) is 15.9 Å². The fourth-order valence-electron chi connectivity index (χ4n) is 3.46. The van der Waals surface area contributed by atoms with Crippen LogP contribution in [0.15, 0.2) is 53.4 Å². The van der Waals surface area contributed by atoms with E-state index in [0.29, 0.717) is 5.56 Å². The van der Waals surface area contributed by atoms with Crippen LogP contribution in [-0.2, 0) is 20.9 Å². The van der Waals surface area contributed by atoms with Crippen molar-refractivity contribution in [3.8, 4) is 11.3 Å². The summed E-state index contributed by atoms with van der Waals surface area (Å²) in [5.74, 6) is -1.31. The van der Waals surface area contributed by atoms with Crippen LogP contribution in [0.2, 0.25) is 0 Å². The van der Waals surface area contributed by atoms with E-state index >= 15 is 0 Å². The van der Waals surface area contributed by atoms with Gasteiger partial charge in [-0.2, -0.15) is 17.5 Å². The maximum absolute atomic E-state index is 12.9. The smallest absolute Gasteiger partial charge is 0.416 e. The maximum atomic E-state index is 12.9. The summed E-state index contributed by atoms with van der Waals surface area (Å²) in [4.78, 5) is 16.2. The number of hydrogen-bond acceptors (Lipinski definition) is 5. The highest BCUT2D eigenvalue weighted by atomic mass is 32.2. The number of pyridine rings is 1. The number of fused-ring (bicyclic) bond motifs is 1. The van der Waals surface area contributed by atoms with Crippen molar-refractivity contribution in [1.82, 2.24) is 9.29 Å². The number of ether oxygens (including phenoxy) is 1. The van der Waals surface area contributed by atoms with Crippen molar-refractivity contribution in [2.75, 3.05) is 26.3 Å². The highest BCUT2D eigenvalue weighted by Crippen LogP contribution is 2.32. The molecule has 0 amide bonds. The molecule has 2 heterocycles. The molecule has 1 aliphatic heterocycles. The summed E-state index contributed by atoms with van der Waals surface area (Å²) >= 11 is 0. The molecule has 32 heavy (non-hydrogen) atoms. The summed E-state index contributed by atoms with van der Waals surface area (Å²) in [6, 6.07) is 9.40. The van der Waals surface area contributed by atoms with Crippen LogP contribution >= 0.6 is 0 Å². The average Bonchev–Trinajstić information content (AvgIpc) is 2.78. The molecule has 1 saturated heterocycles. The van der Waals surface area contributed by atoms with Crippen LogP contribution in [0.25, 0.3) is 22.2 Å². The van der Waals surface area contributed by atoms with Crippen LogP contribution in [0.5, 0.6) is 0 Å². The van der Waals surface area contributed by atoms with E-state index in [1.807, 2.05) is 0 Å². The number of carbonyl (C=O) groups is 1. The second-order valence-corrected chi connectivity index (χ2v) is 9.07. The van der Waals surface area contributed by atoms with E-state index < -0.39 is 27.7 Å². The molecular formula is C21H17F3N2O5S. The first kappa shape index (κ1) is 22.2. The van der Waals surface area contributed by atoms with Crippen molar-refractivity contribution in [3.05, 3.63) is 59.7 Å². The summed E-state index contributed by atoms with van der Waals surface area (Å²) in [5, 5.41) is 9.81. The zero-order chi connectivity index (χ0) is 23.1. The quantitative estimate of drug-likeness (QED) is 0.631. The molecule has 1 N–H and O–H groups in total. The fraction of sp³-hybridized carbons (Fsp3) is 0.238. The van der Waals surface area contributed by atoms with Gasteiger partial charge in [0.25, 0.3) is 0 Å². The molecule has 1 fully saturated rings. The van der Waals surface area contributed by atoms with E-state index in [1.165, 1.54) is 40.7 Å². The predicted octanol–water partition coefficient (Wildman–Crippen LogP) is 3.64. The Morgan fingerprint density at radius 3 is 2.28 bits per heavy atom. The molecule has 0 radical (unpaired) electrons. The average molecular weight is 466 g/mol. The Kier molecular flexibility index (Phi) is 5.65. The summed E-state index contributed by atoms with van der Waals surface area (Å²) in [6.45, 7) is 0.922. The minimum Gasteiger partial charge on any atom is -0.478 e. The predicted molar refractivity (Wildman–Crippen MR) is 109 cm³/mol. The number of rotatable bonds is 4. The first-order valence-corrected chi connectivity index (χ1v) is 10.9. The number of nitrogens with zero attached hydrogens (tertiary/aromatic N) is 2. The molecule has 168 valence electrons. The van der Waals surface area contributed by atoms with Gasteiger partial charge in [-0.25, -0.2) is 18.2 Å². The zero-order valence-electron chi connectivity index (χ0n) is 16.5. The van der Waals surface area contributed by atoms with E-state index in [0.717, 1.165) is 12.1 Å². The van der Waals surface area contributed by atoms with E-state index in [2.05, 4.69) is 4.98 Å². The lowest BCUT2D eigenvalue weighted by Crippen LogP contribution is -2.40. The van der Waals surface area contributed by atoms with Gasteiger partial charge in [-0.15, -0.1) is 0 Å². The number of morpholine rings is 1. The number of sulfonamides is 1. The molecule has 0 bridgehead atoms. The Balaban J connectivity index is 1.79. The molecule has 0 unspecified atom stereocenters. The molecule has 4 rings (SSSR count). The van der Waals surface area contributed by atoms with Crippen LogP contribution < -0.4 is 0 Å². The van der Waals surface area contributed by atoms with Gasteiger partial charge < -0.3 is 9.84 Å². The number of carboxylic acids is 1. The molecule has 0 spiro atoms. The molecule has 11 heteroatoms. The number of halogens is 3. The highest BCUT2D eigenvalue weighted by molar-refractivity contribution is 7.89. The Morgan fingerprint density at radius 1 is 1.03 bits per heavy atom. The van der Waals surface area contributed by atoms with Gasteiger partial charge >= 0.3 is 12.1 Å². The van der Waals surface area contributed by atoms with Gasteiger partial charge in [0, 0.05) is 24.0 Å². The second kappa shape index (κ2) is 8.15. The highest BCUT2D eigenvalue weighted by Gasteiger charge is 2.30. The minimum atomic E-state index is -4.50. The normalized spacial score (nSPS) is 15.7. The van der Waals surface area contributed by atoms with E-state index in [4.69, 9.17) is 4.74 Å². The number of hydrogen-bond donors (Lipinski definition) is 1. The third-order valence-electron chi connectivity index (χ3n) is 5.13. The van der Waals surface area contributed by atoms with E-state index in [1.54, 1.807) is 0 Å². The first-order chi connectivity index (χ1) is 15.1. The van der Waals surface area contributed by atoms with Crippen molar-refractivity contribution in [2.45, 2.75) is 11.1 Å². The molecule has 2 aromatic carbocycles. The van der Waals surface area contributed by atoms with Crippen LogP contribution in [0.4, 0.5) is 13.2 Å². The van der Waals surface area contributed by atoms with Crippen LogP contribution in [0.3, 0.4) is 0 Å². The number of aromatic nitrogens is 1. The van der Waals surface area contributed by atoms with Crippen molar-refractivity contribution >= 4 is 26.9 Å². The van der Waals surface area contributed by atoms with E-state index in [-0.39, 0.29) is 53.4 Å². The van der Waals surface area contributed by atoms with Gasteiger partial charge in [0.15, 0.2) is 0 Å².